The van der Waals surface area contributed by atoms with Crippen LogP contribution in [0, 0.1) is 0 Å². The zero-order valence-corrected chi connectivity index (χ0v) is 13.6. The molecular weight excluding hydrogens is 338 g/mol. The molecule has 0 saturated carbocycles. The molecule has 0 unspecified atom stereocenters. The van der Waals surface area contributed by atoms with Gasteiger partial charge in [0.1, 0.15) is 22.6 Å². The summed E-state index contributed by atoms with van der Waals surface area (Å²) in [6, 6.07) is 12.8. The summed E-state index contributed by atoms with van der Waals surface area (Å²) in [6.07, 6.45) is 0. The van der Waals surface area contributed by atoms with E-state index in [2.05, 4.69) is 5.16 Å². The second-order valence-electron chi connectivity index (χ2n) is 5.55. The number of aromatic nitrogens is 1. The van der Waals surface area contributed by atoms with Crippen LogP contribution < -0.4 is 10.2 Å². The highest BCUT2D eigenvalue weighted by atomic mass is 16.6. The first-order chi connectivity index (χ1) is 12.6. The first kappa shape index (κ1) is 15.8. The van der Waals surface area contributed by atoms with Crippen LogP contribution in [-0.2, 0) is 0 Å². The lowest BCUT2D eigenvalue weighted by atomic mass is 10.0. The van der Waals surface area contributed by atoms with Crippen molar-refractivity contribution < 1.29 is 23.9 Å². The third-order valence-corrected chi connectivity index (χ3v) is 3.99. The summed E-state index contributed by atoms with van der Waals surface area (Å²) < 4.78 is 16.1. The van der Waals surface area contributed by atoms with Crippen molar-refractivity contribution in [3.63, 3.8) is 0 Å². The van der Waals surface area contributed by atoms with Gasteiger partial charge in [-0.25, -0.2) is 0 Å². The maximum absolute atomic E-state index is 12.5. The fraction of sp³-hybridized carbons (Fsp3) is 0.0526. The second-order valence-corrected chi connectivity index (χ2v) is 5.55. The Morgan fingerprint density at radius 1 is 1.04 bits per heavy atom. The van der Waals surface area contributed by atoms with E-state index >= 15 is 0 Å². The average molecular weight is 351 g/mol. The topological polar surface area (TPSA) is 106 Å². The van der Waals surface area contributed by atoms with E-state index in [1.165, 1.54) is 19.2 Å². The predicted octanol–water partition coefficient (Wildman–Crippen LogP) is 3.53. The number of benzene rings is 2. The first-order valence-electron chi connectivity index (χ1n) is 7.68. The number of hydrogen-bond donors (Lipinski definition) is 2. The molecule has 7 heteroatoms. The van der Waals surface area contributed by atoms with Crippen molar-refractivity contribution in [2.75, 3.05) is 7.11 Å². The molecule has 0 aliphatic rings. The van der Waals surface area contributed by atoms with Crippen molar-refractivity contribution in [2.24, 2.45) is 0 Å². The summed E-state index contributed by atoms with van der Waals surface area (Å²) in [5.74, 6) is -0.590. The van der Waals surface area contributed by atoms with Crippen LogP contribution in [-0.4, -0.2) is 22.5 Å². The van der Waals surface area contributed by atoms with Crippen LogP contribution in [0.5, 0.6) is 17.4 Å². The van der Waals surface area contributed by atoms with Crippen LogP contribution in [0.2, 0.25) is 0 Å². The van der Waals surface area contributed by atoms with E-state index in [1.807, 2.05) is 0 Å². The van der Waals surface area contributed by atoms with E-state index in [0.717, 1.165) is 0 Å². The smallest absolute Gasteiger partial charge is 0.322 e. The Balaban J connectivity index is 2.03. The van der Waals surface area contributed by atoms with E-state index in [0.29, 0.717) is 16.8 Å². The molecule has 26 heavy (non-hydrogen) atoms. The van der Waals surface area contributed by atoms with Gasteiger partial charge in [0.2, 0.25) is 11.2 Å². The third kappa shape index (κ3) is 2.37. The number of fused-ring (bicyclic) bond motifs is 1. The summed E-state index contributed by atoms with van der Waals surface area (Å²) in [7, 11) is 1.38. The molecule has 0 spiro atoms. The van der Waals surface area contributed by atoms with Gasteiger partial charge in [0, 0.05) is 5.56 Å². The molecule has 2 N–H and O–H groups in total. The van der Waals surface area contributed by atoms with Crippen molar-refractivity contribution in [1.29, 1.82) is 0 Å². The molecule has 0 bridgehead atoms. The van der Waals surface area contributed by atoms with Gasteiger partial charge in [0.25, 0.3) is 0 Å². The highest BCUT2D eigenvalue weighted by Crippen LogP contribution is 2.42. The highest BCUT2D eigenvalue weighted by Gasteiger charge is 2.27. The Hall–Kier alpha value is -3.74. The number of aromatic hydroxyl groups is 2. The van der Waals surface area contributed by atoms with E-state index in [9.17, 15) is 15.0 Å². The molecule has 0 aliphatic carbocycles. The number of rotatable bonds is 3. The van der Waals surface area contributed by atoms with Crippen LogP contribution in [0.3, 0.4) is 0 Å². The third-order valence-electron chi connectivity index (χ3n) is 3.99. The molecule has 0 fully saturated rings. The Kier molecular flexibility index (Phi) is 3.62. The number of para-hydroxylation sites is 1. The summed E-state index contributed by atoms with van der Waals surface area (Å²) in [4.78, 5) is 12.5. The summed E-state index contributed by atoms with van der Waals surface area (Å²) in [6.45, 7) is 0. The van der Waals surface area contributed by atoms with Crippen LogP contribution in [0.1, 0.15) is 0 Å². The summed E-state index contributed by atoms with van der Waals surface area (Å²) in [5, 5.41) is 24.1. The van der Waals surface area contributed by atoms with Crippen molar-refractivity contribution in [3.05, 3.63) is 58.8 Å². The zero-order valence-electron chi connectivity index (χ0n) is 13.6. The fourth-order valence-corrected chi connectivity index (χ4v) is 2.73. The standard InChI is InChI=1S/C19H13NO6/c1-24-19-14(15(20-26-19)10-6-8-11(21)9-7-10)18-17(23)16(22)12-4-2-3-5-13(12)25-18/h2-9,21,23H,1H3. The molecular formula is C19H13NO6. The largest absolute Gasteiger partial charge is 0.508 e. The van der Waals surface area contributed by atoms with Gasteiger partial charge in [0.05, 0.1) is 12.5 Å². The van der Waals surface area contributed by atoms with Crippen LogP contribution in [0.25, 0.3) is 33.6 Å². The minimum Gasteiger partial charge on any atom is -0.508 e. The quantitative estimate of drug-likeness (QED) is 0.581. The minimum atomic E-state index is -0.568. The maximum atomic E-state index is 12.5. The molecule has 0 atom stereocenters. The number of methoxy groups -OCH3 is 1. The number of nitrogens with zero attached hydrogens (tertiary/aromatic N) is 1. The lowest BCUT2D eigenvalue weighted by Gasteiger charge is -2.07. The molecule has 2 aromatic heterocycles. The second kappa shape index (κ2) is 5.96. The van der Waals surface area contributed by atoms with Gasteiger partial charge >= 0.3 is 5.95 Å². The lowest BCUT2D eigenvalue weighted by molar-refractivity contribution is 0.262. The number of hydrogen-bond acceptors (Lipinski definition) is 7. The summed E-state index contributed by atoms with van der Waals surface area (Å²) >= 11 is 0. The van der Waals surface area contributed by atoms with Gasteiger partial charge in [-0.2, -0.15) is 0 Å². The van der Waals surface area contributed by atoms with Crippen molar-refractivity contribution >= 4 is 11.0 Å². The van der Waals surface area contributed by atoms with Gasteiger partial charge in [-0.05, 0) is 36.4 Å². The SMILES string of the molecule is COc1onc(-c2ccc(O)cc2)c1-c1oc2ccccc2c(=O)c1O. The molecule has 130 valence electrons. The average Bonchev–Trinajstić information content (AvgIpc) is 3.09. The number of ether oxygens (including phenoxy) is 1. The van der Waals surface area contributed by atoms with Crippen LogP contribution >= 0.6 is 0 Å². The molecule has 4 rings (SSSR count). The van der Waals surface area contributed by atoms with Crippen LogP contribution in [0.15, 0.2) is 62.3 Å². The van der Waals surface area contributed by atoms with Gasteiger partial charge in [-0.1, -0.05) is 17.3 Å². The Bertz CT molecular complexity index is 1160. The molecule has 0 saturated heterocycles. The fourth-order valence-electron chi connectivity index (χ4n) is 2.73. The van der Waals surface area contributed by atoms with Gasteiger partial charge in [0.15, 0.2) is 5.76 Å². The Labute approximate surface area is 146 Å². The molecule has 0 aliphatic heterocycles. The number of phenols is 1. The van der Waals surface area contributed by atoms with E-state index in [4.69, 9.17) is 13.7 Å². The van der Waals surface area contributed by atoms with Crippen LogP contribution in [0.4, 0.5) is 0 Å². The zero-order chi connectivity index (χ0) is 18.3. The molecule has 0 radical (unpaired) electrons. The predicted molar refractivity (Wildman–Crippen MR) is 93.3 cm³/mol. The van der Waals surface area contributed by atoms with Crippen molar-refractivity contribution in [3.8, 4) is 40.0 Å². The van der Waals surface area contributed by atoms with E-state index in [-0.39, 0.29) is 28.4 Å². The van der Waals surface area contributed by atoms with Gasteiger partial charge in [-0.3, -0.25) is 4.79 Å². The van der Waals surface area contributed by atoms with Gasteiger partial charge in [-0.15, -0.1) is 0 Å². The Morgan fingerprint density at radius 2 is 1.77 bits per heavy atom. The normalized spacial score (nSPS) is 11.0. The monoisotopic (exact) mass is 351 g/mol. The van der Waals surface area contributed by atoms with Gasteiger partial charge < -0.3 is 23.9 Å². The summed E-state index contributed by atoms with van der Waals surface area (Å²) in [5.41, 5.74) is 0.834. The van der Waals surface area contributed by atoms with Crippen molar-refractivity contribution in [1.82, 2.24) is 5.16 Å². The van der Waals surface area contributed by atoms with Crippen molar-refractivity contribution in [2.45, 2.75) is 0 Å². The lowest BCUT2D eigenvalue weighted by Crippen LogP contribution is -2.02. The molecule has 2 heterocycles. The molecule has 7 nitrogen and oxygen atoms in total. The minimum absolute atomic E-state index is 0.0122. The first-order valence-corrected chi connectivity index (χ1v) is 7.68. The van der Waals surface area contributed by atoms with E-state index in [1.54, 1.807) is 36.4 Å². The Morgan fingerprint density at radius 3 is 2.50 bits per heavy atom. The molecule has 0 amide bonds. The molecule has 4 aromatic rings. The highest BCUT2D eigenvalue weighted by molar-refractivity contribution is 5.88. The number of phenolic OH excluding ortho intramolecular Hbond substituents is 1. The maximum Gasteiger partial charge on any atom is 0.322 e. The van der Waals surface area contributed by atoms with E-state index < -0.39 is 11.2 Å². The molecule has 2 aromatic carbocycles.